The van der Waals surface area contributed by atoms with Crippen molar-refractivity contribution in [2.24, 2.45) is 5.73 Å². The van der Waals surface area contributed by atoms with Gasteiger partial charge in [-0.25, -0.2) is 0 Å². The van der Waals surface area contributed by atoms with E-state index in [-0.39, 0.29) is 6.04 Å². The van der Waals surface area contributed by atoms with Crippen molar-refractivity contribution in [3.8, 4) is 0 Å². The van der Waals surface area contributed by atoms with Crippen molar-refractivity contribution in [2.75, 3.05) is 12.0 Å². The molecular formula is C9H18N4S. The van der Waals surface area contributed by atoms with Crippen LogP contribution < -0.4 is 5.73 Å². The number of rotatable bonds is 6. The van der Waals surface area contributed by atoms with Gasteiger partial charge in [-0.1, -0.05) is 12.1 Å². The second kappa shape index (κ2) is 6.03. The Morgan fingerprint density at radius 2 is 2.43 bits per heavy atom. The summed E-state index contributed by atoms with van der Waals surface area (Å²) in [5, 5.41) is 8.08. The van der Waals surface area contributed by atoms with Crippen molar-refractivity contribution in [1.29, 1.82) is 0 Å². The second-order valence-electron chi connectivity index (χ2n) is 3.27. The van der Waals surface area contributed by atoms with E-state index < -0.39 is 0 Å². The van der Waals surface area contributed by atoms with Crippen molar-refractivity contribution >= 4 is 11.8 Å². The molecule has 0 spiro atoms. The number of hydrogen-bond donors (Lipinski definition) is 1. The molecule has 5 heteroatoms. The van der Waals surface area contributed by atoms with Crippen LogP contribution in [-0.4, -0.2) is 27.0 Å². The molecule has 0 aliphatic carbocycles. The first kappa shape index (κ1) is 11.5. The third-order valence-corrected chi connectivity index (χ3v) is 2.81. The first-order valence-electron chi connectivity index (χ1n) is 4.92. The van der Waals surface area contributed by atoms with Gasteiger partial charge >= 0.3 is 0 Å². The molecule has 1 aromatic heterocycles. The fourth-order valence-corrected chi connectivity index (χ4v) is 1.59. The molecule has 1 aromatic rings. The van der Waals surface area contributed by atoms with Crippen molar-refractivity contribution in [3.63, 3.8) is 0 Å². The van der Waals surface area contributed by atoms with E-state index in [0.29, 0.717) is 0 Å². The van der Waals surface area contributed by atoms with Gasteiger partial charge in [0.15, 0.2) is 0 Å². The molecule has 0 aliphatic rings. The van der Waals surface area contributed by atoms with Crippen LogP contribution in [0.2, 0.25) is 0 Å². The molecule has 2 N–H and O–H groups in total. The predicted molar refractivity (Wildman–Crippen MR) is 60.2 cm³/mol. The summed E-state index contributed by atoms with van der Waals surface area (Å²) in [7, 11) is 0. The first-order chi connectivity index (χ1) is 6.77. The third-order valence-electron chi connectivity index (χ3n) is 2.11. The lowest BCUT2D eigenvalue weighted by molar-refractivity contribution is 0.581. The van der Waals surface area contributed by atoms with E-state index in [2.05, 4.69) is 23.5 Å². The van der Waals surface area contributed by atoms with Crippen LogP contribution in [0, 0.1) is 0 Å². The molecule has 0 aliphatic heterocycles. The molecule has 0 bridgehead atoms. The zero-order valence-corrected chi connectivity index (χ0v) is 9.63. The summed E-state index contributed by atoms with van der Waals surface area (Å²) >= 11 is 1.85. The summed E-state index contributed by atoms with van der Waals surface area (Å²) in [5.41, 5.74) is 6.74. The van der Waals surface area contributed by atoms with Gasteiger partial charge in [0.05, 0.1) is 17.9 Å². The van der Waals surface area contributed by atoms with Crippen LogP contribution in [0.15, 0.2) is 6.20 Å². The Balaban J connectivity index is 2.42. The molecule has 0 radical (unpaired) electrons. The van der Waals surface area contributed by atoms with Crippen molar-refractivity contribution in [2.45, 2.75) is 32.4 Å². The van der Waals surface area contributed by atoms with Gasteiger partial charge < -0.3 is 5.73 Å². The van der Waals surface area contributed by atoms with Gasteiger partial charge in [0.2, 0.25) is 0 Å². The highest BCUT2D eigenvalue weighted by Gasteiger charge is 2.07. The molecule has 0 saturated heterocycles. The zero-order chi connectivity index (χ0) is 10.4. The number of nitrogens with two attached hydrogens (primary N) is 1. The van der Waals surface area contributed by atoms with E-state index in [1.54, 1.807) is 0 Å². The Bertz CT molecular complexity index is 261. The number of aromatic nitrogens is 3. The van der Waals surface area contributed by atoms with E-state index in [0.717, 1.165) is 30.8 Å². The molecule has 14 heavy (non-hydrogen) atoms. The quantitative estimate of drug-likeness (QED) is 0.728. The van der Waals surface area contributed by atoms with E-state index in [1.165, 1.54) is 0 Å². The molecule has 4 nitrogen and oxygen atoms in total. The smallest absolute Gasteiger partial charge is 0.0993 e. The van der Waals surface area contributed by atoms with Gasteiger partial charge in [-0.3, -0.25) is 4.68 Å². The van der Waals surface area contributed by atoms with Crippen LogP contribution in [-0.2, 0) is 6.54 Å². The van der Waals surface area contributed by atoms with Crippen LogP contribution in [0.4, 0.5) is 0 Å². The lowest BCUT2D eigenvalue weighted by atomic mass is 10.2. The highest BCUT2D eigenvalue weighted by Crippen LogP contribution is 2.09. The highest BCUT2D eigenvalue weighted by atomic mass is 32.2. The molecular weight excluding hydrogens is 196 g/mol. The summed E-state index contributed by atoms with van der Waals surface area (Å²) in [6.07, 6.45) is 6.10. The van der Waals surface area contributed by atoms with Gasteiger partial charge in [0.1, 0.15) is 0 Å². The molecule has 0 saturated carbocycles. The summed E-state index contributed by atoms with van der Waals surface area (Å²) in [6.45, 7) is 2.99. The molecule has 0 fully saturated rings. The molecule has 1 atom stereocenters. The topological polar surface area (TPSA) is 56.7 Å². The van der Waals surface area contributed by atoms with Crippen LogP contribution in [0.1, 0.15) is 31.5 Å². The van der Waals surface area contributed by atoms with Gasteiger partial charge in [0, 0.05) is 6.54 Å². The lowest BCUT2D eigenvalue weighted by Crippen LogP contribution is -2.08. The Kier molecular flexibility index (Phi) is 4.97. The van der Waals surface area contributed by atoms with E-state index in [9.17, 15) is 0 Å². The monoisotopic (exact) mass is 214 g/mol. The highest BCUT2D eigenvalue weighted by molar-refractivity contribution is 7.98. The SMILES string of the molecule is CCC(N)c1cn(CCCSC)nn1. The molecule has 1 unspecified atom stereocenters. The van der Waals surface area contributed by atoms with Crippen molar-refractivity contribution < 1.29 is 0 Å². The normalized spacial score (nSPS) is 13.1. The summed E-state index contributed by atoms with van der Waals surface area (Å²) < 4.78 is 1.88. The van der Waals surface area contributed by atoms with E-state index >= 15 is 0 Å². The minimum absolute atomic E-state index is 0.0318. The molecule has 0 aromatic carbocycles. The third kappa shape index (κ3) is 3.31. The fourth-order valence-electron chi connectivity index (χ4n) is 1.17. The Labute approximate surface area is 89.2 Å². The summed E-state index contributed by atoms with van der Waals surface area (Å²) in [5.74, 6) is 1.16. The molecule has 0 amide bonds. The number of thioether (sulfide) groups is 1. The summed E-state index contributed by atoms with van der Waals surface area (Å²) in [6, 6.07) is 0.0318. The Morgan fingerprint density at radius 3 is 3.07 bits per heavy atom. The number of nitrogens with zero attached hydrogens (tertiary/aromatic N) is 3. The van der Waals surface area contributed by atoms with Crippen molar-refractivity contribution in [1.82, 2.24) is 15.0 Å². The average Bonchev–Trinajstić information content (AvgIpc) is 2.66. The maximum absolute atomic E-state index is 5.84. The van der Waals surface area contributed by atoms with Crippen LogP contribution in [0.3, 0.4) is 0 Å². The maximum atomic E-state index is 5.84. The van der Waals surface area contributed by atoms with Crippen LogP contribution in [0.5, 0.6) is 0 Å². The van der Waals surface area contributed by atoms with E-state index in [1.807, 2.05) is 22.6 Å². The van der Waals surface area contributed by atoms with Crippen LogP contribution in [0.25, 0.3) is 0 Å². The standard InChI is InChI=1S/C9H18N4S/c1-3-8(10)9-7-13(12-11-9)5-4-6-14-2/h7-8H,3-6,10H2,1-2H3. The number of aryl methyl sites for hydroxylation is 1. The number of hydrogen-bond acceptors (Lipinski definition) is 4. The van der Waals surface area contributed by atoms with Gasteiger partial charge in [0.25, 0.3) is 0 Å². The maximum Gasteiger partial charge on any atom is 0.0993 e. The fraction of sp³-hybridized carbons (Fsp3) is 0.778. The summed E-state index contributed by atoms with van der Waals surface area (Å²) in [4.78, 5) is 0. The van der Waals surface area contributed by atoms with Gasteiger partial charge in [-0.15, -0.1) is 5.10 Å². The lowest BCUT2D eigenvalue weighted by Gasteiger charge is -2.01. The van der Waals surface area contributed by atoms with E-state index in [4.69, 9.17) is 5.73 Å². The Hall–Kier alpha value is -0.550. The second-order valence-corrected chi connectivity index (χ2v) is 4.25. The Morgan fingerprint density at radius 1 is 1.64 bits per heavy atom. The van der Waals surface area contributed by atoms with Gasteiger partial charge in [-0.05, 0) is 24.9 Å². The predicted octanol–water partition coefficient (Wildman–Crippen LogP) is 1.44. The largest absolute Gasteiger partial charge is 0.323 e. The van der Waals surface area contributed by atoms with Crippen LogP contribution >= 0.6 is 11.8 Å². The average molecular weight is 214 g/mol. The first-order valence-corrected chi connectivity index (χ1v) is 6.31. The molecule has 1 heterocycles. The van der Waals surface area contributed by atoms with Gasteiger partial charge in [-0.2, -0.15) is 11.8 Å². The zero-order valence-electron chi connectivity index (χ0n) is 8.81. The molecule has 80 valence electrons. The minimum Gasteiger partial charge on any atom is -0.323 e. The molecule has 1 rings (SSSR count). The van der Waals surface area contributed by atoms with Crippen molar-refractivity contribution in [3.05, 3.63) is 11.9 Å². The minimum atomic E-state index is 0.0318.